The number of rotatable bonds is 6. The fourth-order valence-electron chi connectivity index (χ4n) is 1.11. The highest BCUT2D eigenvalue weighted by atomic mass is 32.2. The molecule has 0 spiro atoms. The van der Waals surface area contributed by atoms with E-state index in [0.29, 0.717) is 6.42 Å². The fourth-order valence-corrected chi connectivity index (χ4v) is 1.99. The van der Waals surface area contributed by atoms with Gasteiger partial charge in [0.25, 0.3) is 0 Å². The molecule has 15 heavy (non-hydrogen) atoms. The molecule has 0 radical (unpaired) electrons. The number of thioether (sulfide) groups is 1. The zero-order valence-electron chi connectivity index (χ0n) is 8.86. The molecule has 0 unspecified atom stereocenters. The van der Waals surface area contributed by atoms with Gasteiger partial charge in [0.1, 0.15) is 17.8 Å². The fraction of sp³-hybridized carbons (Fsp3) is 0.364. The normalized spacial score (nSPS) is 9.73. The molecule has 0 aliphatic rings. The lowest BCUT2D eigenvalue weighted by molar-refractivity contribution is -0.107. The Balaban J connectivity index is 2.73. The van der Waals surface area contributed by atoms with Crippen molar-refractivity contribution in [1.82, 2.24) is 0 Å². The van der Waals surface area contributed by atoms with E-state index in [-0.39, 0.29) is 0 Å². The lowest BCUT2D eigenvalue weighted by atomic mass is 10.3. The van der Waals surface area contributed by atoms with Crippen LogP contribution in [0.3, 0.4) is 0 Å². The lowest BCUT2D eigenvalue weighted by Gasteiger charge is -2.09. The summed E-state index contributed by atoms with van der Waals surface area (Å²) in [6.07, 6.45) is 1.48. The van der Waals surface area contributed by atoms with Crippen LogP contribution in [0.5, 0.6) is 11.5 Å². The largest absolute Gasteiger partial charge is 0.497 e. The minimum absolute atomic E-state index is 0.555. The Hall–Kier alpha value is -1.16. The van der Waals surface area contributed by atoms with Gasteiger partial charge in [-0.2, -0.15) is 0 Å². The van der Waals surface area contributed by atoms with Crippen LogP contribution in [0.2, 0.25) is 0 Å². The van der Waals surface area contributed by atoms with Gasteiger partial charge in [0, 0.05) is 23.1 Å². The maximum absolute atomic E-state index is 10.2. The van der Waals surface area contributed by atoms with Crippen LogP contribution in [0.25, 0.3) is 0 Å². The minimum Gasteiger partial charge on any atom is -0.497 e. The molecule has 0 aliphatic heterocycles. The van der Waals surface area contributed by atoms with Crippen LogP contribution in [0.15, 0.2) is 23.1 Å². The molecule has 4 heteroatoms. The molecule has 1 aromatic carbocycles. The van der Waals surface area contributed by atoms with Gasteiger partial charge in [0.2, 0.25) is 0 Å². The van der Waals surface area contributed by atoms with Crippen molar-refractivity contribution in [3.05, 3.63) is 18.2 Å². The van der Waals surface area contributed by atoms with Crippen molar-refractivity contribution in [3.63, 3.8) is 0 Å². The van der Waals surface area contributed by atoms with E-state index in [1.807, 2.05) is 18.2 Å². The second-order valence-corrected chi connectivity index (χ2v) is 3.96. The molecule has 0 heterocycles. The second-order valence-electron chi connectivity index (χ2n) is 2.82. The quantitative estimate of drug-likeness (QED) is 0.424. The van der Waals surface area contributed by atoms with E-state index in [1.165, 1.54) is 0 Å². The number of hydrogen-bond acceptors (Lipinski definition) is 4. The molecule has 1 aromatic rings. The van der Waals surface area contributed by atoms with Crippen LogP contribution in [-0.2, 0) is 4.79 Å². The van der Waals surface area contributed by atoms with Crippen molar-refractivity contribution in [2.45, 2.75) is 11.3 Å². The van der Waals surface area contributed by atoms with E-state index in [4.69, 9.17) is 9.47 Å². The van der Waals surface area contributed by atoms with Crippen LogP contribution in [0.1, 0.15) is 6.42 Å². The van der Waals surface area contributed by atoms with Gasteiger partial charge in [-0.1, -0.05) is 0 Å². The molecular formula is C11H14O3S. The van der Waals surface area contributed by atoms with Crippen LogP contribution in [-0.4, -0.2) is 26.3 Å². The van der Waals surface area contributed by atoms with Crippen LogP contribution in [0, 0.1) is 0 Å². The third-order valence-electron chi connectivity index (χ3n) is 1.86. The first-order valence-corrected chi connectivity index (χ1v) is 5.59. The standard InChI is InChI=1S/C11H14O3S/c1-13-9-4-5-11(10(8-9)14-2)15-7-3-6-12/h4-6,8H,3,7H2,1-2H3. The Morgan fingerprint density at radius 2 is 2.13 bits per heavy atom. The van der Waals surface area contributed by atoms with Crippen molar-refractivity contribution in [2.75, 3.05) is 20.0 Å². The second kappa shape index (κ2) is 6.35. The van der Waals surface area contributed by atoms with Crippen LogP contribution in [0.4, 0.5) is 0 Å². The average molecular weight is 226 g/mol. The predicted octanol–water partition coefficient (Wildman–Crippen LogP) is 2.38. The number of carbonyl (C=O) groups is 1. The SMILES string of the molecule is COc1ccc(SCCC=O)c(OC)c1. The Bertz CT molecular complexity index is 326. The Kier molecular flexibility index (Phi) is 5.04. The average Bonchev–Trinajstić information content (AvgIpc) is 2.29. The maximum atomic E-state index is 10.2. The molecule has 0 fully saturated rings. The zero-order valence-corrected chi connectivity index (χ0v) is 9.67. The van der Waals surface area contributed by atoms with Crippen molar-refractivity contribution in [3.8, 4) is 11.5 Å². The van der Waals surface area contributed by atoms with E-state index in [9.17, 15) is 4.79 Å². The smallest absolute Gasteiger partial charge is 0.136 e. The topological polar surface area (TPSA) is 35.5 Å². The highest BCUT2D eigenvalue weighted by Gasteiger charge is 2.04. The van der Waals surface area contributed by atoms with Gasteiger partial charge in [-0.25, -0.2) is 0 Å². The molecule has 0 saturated carbocycles. The molecule has 0 saturated heterocycles. The van der Waals surface area contributed by atoms with E-state index in [2.05, 4.69) is 0 Å². The summed E-state index contributed by atoms with van der Waals surface area (Å²) in [5.41, 5.74) is 0. The Morgan fingerprint density at radius 3 is 2.73 bits per heavy atom. The minimum atomic E-state index is 0.555. The summed E-state index contributed by atoms with van der Waals surface area (Å²) < 4.78 is 10.3. The van der Waals surface area contributed by atoms with Crippen LogP contribution < -0.4 is 9.47 Å². The number of ether oxygens (including phenoxy) is 2. The molecule has 3 nitrogen and oxygen atoms in total. The number of aldehydes is 1. The predicted molar refractivity (Wildman–Crippen MR) is 61.0 cm³/mol. The van der Waals surface area contributed by atoms with E-state index in [1.54, 1.807) is 26.0 Å². The maximum Gasteiger partial charge on any atom is 0.136 e. The summed E-state index contributed by atoms with van der Waals surface area (Å²) in [5, 5.41) is 0. The molecule has 0 aromatic heterocycles. The number of hydrogen-bond donors (Lipinski definition) is 0. The van der Waals surface area contributed by atoms with Gasteiger partial charge < -0.3 is 14.3 Å². The number of carbonyl (C=O) groups excluding carboxylic acids is 1. The third kappa shape index (κ3) is 3.47. The van der Waals surface area contributed by atoms with Crippen molar-refractivity contribution < 1.29 is 14.3 Å². The highest BCUT2D eigenvalue weighted by molar-refractivity contribution is 7.99. The number of benzene rings is 1. The van der Waals surface area contributed by atoms with Gasteiger partial charge in [-0.05, 0) is 12.1 Å². The van der Waals surface area contributed by atoms with Crippen molar-refractivity contribution >= 4 is 18.0 Å². The van der Waals surface area contributed by atoms with Gasteiger partial charge >= 0.3 is 0 Å². The molecule has 0 N–H and O–H groups in total. The van der Waals surface area contributed by atoms with Crippen molar-refractivity contribution in [1.29, 1.82) is 0 Å². The van der Waals surface area contributed by atoms with Crippen molar-refractivity contribution in [2.24, 2.45) is 0 Å². The van der Waals surface area contributed by atoms with Gasteiger partial charge in [-0.3, -0.25) is 0 Å². The van der Waals surface area contributed by atoms with Crippen LogP contribution >= 0.6 is 11.8 Å². The molecular weight excluding hydrogens is 212 g/mol. The van der Waals surface area contributed by atoms with E-state index < -0.39 is 0 Å². The molecule has 0 bridgehead atoms. The molecule has 1 rings (SSSR count). The first kappa shape index (κ1) is 11.9. The summed E-state index contributed by atoms with van der Waals surface area (Å²) in [4.78, 5) is 11.2. The highest BCUT2D eigenvalue weighted by Crippen LogP contribution is 2.32. The number of methoxy groups -OCH3 is 2. The van der Waals surface area contributed by atoms with E-state index >= 15 is 0 Å². The Labute approximate surface area is 93.8 Å². The summed E-state index contributed by atoms with van der Waals surface area (Å²) in [7, 11) is 3.24. The Morgan fingerprint density at radius 1 is 1.33 bits per heavy atom. The van der Waals surface area contributed by atoms with E-state index in [0.717, 1.165) is 28.4 Å². The molecule has 0 amide bonds. The molecule has 82 valence electrons. The first-order valence-electron chi connectivity index (χ1n) is 4.60. The summed E-state index contributed by atoms with van der Waals surface area (Å²) in [6, 6.07) is 5.65. The molecule has 0 aliphatic carbocycles. The van der Waals surface area contributed by atoms with Gasteiger partial charge in [0.05, 0.1) is 14.2 Å². The third-order valence-corrected chi connectivity index (χ3v) is 2.95. The monoisotopic (exact) mass is 226 g/mol. The molecule has 0 atom stereocenters. The summed E-state index contributed by atoms with van der Waals surface area (Å²) in [6.45, 7) is 0. The zero-order chi connectivity index (χ0) is 11.1. The van der Waals surface area contributed by atoms with Gasteiger partial charge in [-0.15, -0.1) is 11.8 Å². The summed E-state index contributed by atoms with van der Waals surface area (Å²) >= 11 is 1.60. The van der Waals surface area contributed by atoms with Gasteiger partial charge in [0.15, 0.2) is 0 Å². The lowest BCUT2D eigenvalue weighted by Crippen LogP contribution is -1.90. The summed E-state index contributed by atoms with van der Waals surface area (Å²) in [5.74, 6) is 2.32. The first-order chi connectivity index (χ1) is 7.31.